The summed E-state index contributed by atoms with van der Waals surface area (Å²) in [6.45, 7) is 4.23. The number of aryl methyl sites for hydroxylation is 1. The Morgan fingerprint density at radius 2 is 2.03 bits per heavy atom. The monoisotopic (exact) mass is 468 g/mol. The Kier molecular flexibility index (Phi) is 7.24. The average molecular weight is 469 g/mol. The molecule has 0 fully saturated rings. The minimum atomic E-state index is -3.66. The maximum absolute atomic E-state index is 12.7. The van der Waals surface area contributed by atoms with E-state index in [0.717, 1.165) is 4.88 Å². The molecule has 0 atom stereocenters. The number of benzene rings is 1. The van der Waals surface area contributed by atoms with Crippen molar-refractivity contribution in [2.45, 2.75) is 31.6 Å². The molecule has 2 heterocycles. The molecule has 1 N–H and O–H groups in total. The number of nitrogens with one attached hydrogen (secondary N) is 1. The number of rotatable bonds is 9. The van der Waals surface area contributed by atoms with Crippen LogP contribution in [-0.4, -0.2) is 41.9 Å². The lowest BCUT2D eigenvalue weighted by molar-refractivity contribution is -0.116. The zero-order chi connectivity index (χ0) is 21.7. The van der Waals surface area contributed by atoms with Crippen LogP contribution in [0.4, 0.5) is 5.69 Å². The van der Waals surface area contributed by atoms with Gasteiger partial charge in [-0.2, -0.15) is 9.29 Å². The van der Waals surface area contributed by atoms with Gasteiger partial charge in [0.05, 0.1) is 20.5 Å². The highest BCUT2D eigenvalue weighted by Crippen LogP contribution is 2.27. The molecular formula is C19H21ClN4O4S2. The predicted molar refractivity (Wildman–Crippen MR) is 116 cm³/mol. The van der Waals surface area contributed by atoms with Crippen molar-refractivity contribution in [3.05, 3.63) is 46.6 Å². The minimum Gasteiger partial charge on any atom is -0.339 e. The van der Waals surface area contributed by atoms with Crippen LogP contribution in [0.3, 0.4) is 0 Å². The topological polar surface area (TPSA) is 105 Å². The predicted octanol–water partition coefficient (Wildman–Crippen LogP) is 4.05. The van der Waals surface area contributed by atoms with Gasteiger partial charge in [-0.25, -0.2) is 8.42 Å². The molecule has 0 aliphatic carbocycles. The van der Waals surface area contributed by atoms with Crippen molar-refractivity contribution < 1.29 is 17.7 Å². The first-order chi connectivity index (χ1) is 14.3. The lowest BCUT2D eigenvalue weighted by atomic mass is 10.2. The second-order valence-corrected chi connectivity index (χ2v) is 9.56. The third-order valence-corrected chi connectivity index (χ3v) is 7.57. The summed E-state index contributed by atoms with van der Waals surface area (Å²) < 4.78 is 31.9. The fourth-order valence-corrected chi connectivity index (χ4v) is 5.07. The van der Waals surface area contributed by atoms with Crippen LogP contribution in [0.5, 0.6) is 0 Å². The van der Waals surface area contributed by atoms with E-state index in [1.54, 1.807) is 13.8 Å². The van der Waals surface area contributed by atoms with E-state index in [1.807, 2.05) is 17.5 Å². The van der Waals surface area contributed by atoms with Crippen molar-refractivity contribution in [1.29, 1.82) is 0 Å². The van der Waals surface area contributed by atoms with Crippen molar-refractivity contribution in [2.24, 2.45) is 0 Å². The van der Waals surface area contributed by atoms with E-state index in [0.29, 0.717) is 24.8 Å². The van der Waals surface area contributed by atoms with Gasteiger partial charge in [-0.1, -0.05) is 36.7 Å². The van der Waals surface area contributed by atoms with Crippen molar-refractivity contribution in [3.63, 3.8) is 0 Å². The molecule has 1 amide bonds. The summed E-state index contributed by atoms with van der Waals surface area (Å²) in [7, 11) is -3.66. The van der Waals surface area contributed by atoms with Crippen molar-refractivity contribution in [3.8, 4) is 10.7 Å². The van der Waals surface area contributed by atoms with E-state index >= 15 is 0 Å². The summed E-state index contributed by atoms with van der Waals surface area (Å²) in [6.07, 6.45) is 0.328. The van der Waals surface area contributed by atoms with Gasteiger partial charge in [-0.15, -0.1) is 11.3 Å². The quantitative estimate of drug-likeness (QED) is 0.507. The largest absolute Gasteiger partial charge is 0.339 e. The molecule has 30 heavy (non-hydrogen) atoms. The van der Waals surface area contributed by atoms with Crippen LogP contribution in [0, 0.1) is 0 Å². The van der Waals surface area contributed by atoms with Crippen LogP contribution in [0.1, 0.15) is 26.2 Å². The van der Waals surface area contributed by atoms with Crippen LogP contribution >= 0.6 is 22.9 Å². The first-order valence-corrected chi connectivity index (χ1v) is 12.0. The second-order valence-electron chi connectivity index (χ2n) is 6.27. The standard InChI is InChI=1S/C19H21ClN4O4S2/c1-3-24(4-2)30(26,27)13-7-8-14(20)15(12-13)21-17(25)9-10-18-22-19(23-28-18)16-6-5-11-29-16/h5-8,11-12H,3-4,9-10H2,1-2H3,(H,21,25). The fraction of sp³-hybridized carbons (Fsp3) is 0.316. The Morgan fingerprint density at radius 3 is 2.70 bits per heavy atom. The number of carbonyl (C=O) groups excluding carboxylic acids is 1. The number of anilines is 1. The molecule has 0 unspecified atom stereocenters. The van der Waals surface area contributed by atoms with Crippen LogP contribution < -0.4 is 5.32 Å². The highest BCUT2D eigenvalue weighted by molar-refractivity contribution is 7.89. The Morgan fingerprint density at radius 1 is 1.27 bits per heavy atom. The van der Waals surface area contributed by atoms with Gasteiger partial charge in [0.15, 0.2) is 0 Å². The summed E-state index contributed by atoms with van der Waals surface area (Å²) in [5, 5.41) is 8.73. The third-order valence-electron chi connectivity index (χ3n) is 4.33. The minimum absolute atomic E-state index is 0.0726. The third kappa shape index (κ3) is 5.07. The maximum atomic E-state index is 12.7. The summed E-state index contributed by atoms with van der Waals surface area (Å²) in [5.74, 6) is 0.487. The molecule has 0 spiro atoms. The second kappa shape index (κ2) is 9.69. The molecule has 0 radical (unpaired) electrons. The summed E-state index contributed by atoms with van der Waals surface area (Å²) >= 11 is 7.65. The Balaban J connectivity index is 1.66. The van der Waals surface area contributed by atoms with E-state index in [2.05, 4.69) is 15.5 Å². The van der Waals surface area contributed by atoms with Crippen molar-refractivity contribution in [2.75, 3.05) is 18.4 Å². The van der Waals surface area contributed by atoms with E-state index in [-0.39, 0.29) is 34.4 Å². The van der Waals surface area contributed by atoms with E-state index < -0.39 is 10.0 Å². The highest BCUT2D eigenvalue weighted by atomic mass is 35.5. The smallest absolute Gasteiger partial charge is 0.243 e. The fourth-order valence-electron chi connectivity index (χ4n) is 2.77. The highest BCUT2D eigenvalue weighted by Gasteiger charge is 2.23. The zero-order valence-electron chi connectivity index (χ0n) is 16.5. The molecule has 0 saturated carbocycles. The van der Waals surface area contributed by atoms with Crippen LogP contribution in [-0.2, 0) is 21.2 Å². The van der Waals surface area contributed by atoms with Gasteiger partial charge in [-0.05, 0) is 29.6 Å². The number of carbonyl (C=O) groups is 1. The summed E-state index contributed by atoms with van der Waals surface area (Å²) in [4.78, 5) is 17.6. The van der Waals surface area contributed by atoms with Gasteiger partial charge >= 0.3 is 0 Å². The van der Waals surface area contributed by atoms with Gasteiger partial charge in [0.25, 0.3) is 0 Å². The molecule has 3 rings (SSSR count). The molecule has 0 bridgehead atoms. The number of hydrogen-bond acceptors (Lipinski definition) is 7. The van der Waals surface area contributed by atoms with Gasteiger partial charge in [-0.3, -0.25) is 4.79 Å². The first-order valence-electron chi connectivity index (χ1n) is 9.31. The van der Waals surface area contributed by atoms with Crippen molar-refractivity contribution in [1.82, 2.24) is 14.4 Å². The number of aromatic nitrogens is 2. The summed E-state index contributed by atoms with van der Waals surface area (Å²) in [5.41, 5.74) is 0.236. The lowest BCUT2D eigenvalue weighted by Gasteiger charge is -2.19. The molecule has 0 aliphatic rings. The molecule has 8 nitrogen and oxygen atoms in total. The molecule has 0 saturated heterocycles. The zero-order valence-corrected chi connectivity index (χ0v) is 18.9. The number of hydrogen-bond donors (Lipinski definition) is 1. The number of sulfonamides is 1. The van der Waals surface area contributed by atoms with Crippen LogP contribution in [0.25, 0.3) is 10.7 Å². The first kappa shape index (κ1) is 22.4. The van der Waals surface area contributed by atoms with Crippen LogP contribution in [0.2, 0.25) is 5.02 Å². The van der Waals surface area contributed by atoms with Gasteiger partial charge < -0.3 is 9.84 Å². The SMILES string of the molecule is CCN(CC)S(=O)(=O)c1ccc(Cl)c(NC(=O)CCc2nc(-c3cccs3)no2)c1. The van der Waals surface area contributed by atoms with Crippen molar-refractivity contribution >= 4 is 44.6 Å². The van der Waals surface area contributed by atoms with Gasteiger partial charge in [0, 0.05) is 25.9 Å². The van der Waals surface area contributed by atoms with E-state index in [9.17, 15) is 13.2 Å². The Hall–Kier alpha value is -2.27. The molecule has 1 aromatic carbocycles. The summed E-state index contributed by atoms with van der Waals surface area (Å²) in [6, 6.07) is 8.03. The molecule has 2 aromatic heterocycles. The molecule has 0 aliphatic heterocycles. The lowest BCUT2D eigenvalue weighted by Crippen LogP contribution is -2.30. The van der Waals surface area contributed by atoms with Crippen LogP contribution in [0.15, 0.2) is 45.1 Å². The van der Waals surface area contributed by atoms with E-state index in [4.69, 9.17) is 16.1 Å². The molecule has 11 heteroatoms. The molecule has 3 aromatic rings. The average Bonchev–Trinajstić information content (AvgIpc) is 3.40. The maximum Gasteiger partial charge on any atom is 0.243 e. The molecular weight excluding hydrogens is 448 g/mol. The molecule has 160 valence electrons. The van der Waals surface area contributed by atoms with Gasteiger partial charge in [0.1, 0.15) is 0 Å². The Labute approximate surface area is 183 Å². The number of thiophene rings is 1. The van der Waals surface area contributed by atoms with Gasteiger partial charge in [0.2, 0.25) is 27.6 Å². The normalized spacial score (nSPS) is 11.7. The Bertz CT molecular complexity index is 1110. The number of halogens is 1. The number of amides is 1. The number of nitrogens with zero attached hydrogens (tertiary/aromatic N) is 3. The van der Waals surface area contributed by atoms with E-state index in [1.165, 1.54) is 33.8 Å².